The summed E-state index contributed by atoms with van der Waals surface area (Å²) in [6, 6.07) is 14.9. The number of piperidine rings is 1. The Morgan fingerprint density at radius 1 is 1.15 bits per heavy atom. The van der Waals surface area contributed by atoms with E-state index < -0.39 is 0 Å². The summed E-state index contributed by atoms with van der Waals surface area (Å²) in [5.41, 5.74) is 1.12. The maximum absolute atomic E-state index is 3.33. The van der Waals surface area contributed by atoms with Crippen LogP contribution in [0.25, 0.3) is 10.8 Å². The van der Waals surface area contributed by atoms with Crippen LogP contribution >= 0.6 is 0 Å². The molecule has 1 aliphatic rings. The van der Waals surface area contributed by atoms with Crippen LogP contribution < -0.4 is 0 Å². The first-order chi connectivity index (χ1) is 9.81. The van der Waals surface area contributed by atoms with Gasteiger partial charge in [-0.2, -0.15) is 0 Å². The first-order valence-corrected chi connectivity index (χ1v) is 7.51. The van der Waals surface area contributed by atoms with Gasteiger partial charge >= 0.3 is 0 Å². The fourth-order valence-electron chi connectivity index (χ4n) is 2.95. The summed E-state index contributed by atoms with van der Waals surface area (Å²) in [6.07, 6.45) is 2.69. The second-order valence-electron chi connectivity index (χ2n) is 5.85. The molecular formula is C19H21N. The summed E-state index contributed by atoms with van der Waals surface area (Å²) in [6.45, 7) is 5.64. The molecule has 20 heavy (non-hydrogen) atoms. The van der Waals surface area contributed by atoms with E-state index in [0.717, 1.165) is 18.0 Å². The zero-order chi connectivity index (χ0) is 13.8. The van der Waals surface area contributed by atoms with Crippen LogP contribution in [-0.2, 0) is 0 Å². The van der Waals surface area contributed by atoms with E-state index in [1.54, 1.807) is 0 Å². The molecule has 2 aromatic rings. The molecule has 3 rings (SSSR count). The smallest absolute Gasteiger partial charge is 0.0605 e. The summed E-state index contributed by atoms with van der Waals surface area (Å²) in [5.74, 6) is 7.47. The minimum absolute atomic E-state index is 0.825. The van der Waals surface area contributed by atoms with Crippen molar-refractivity contribution in [3.63, 3.8) is 0 Å². The van der Waals surface area contributed by atoms with Crippen LogP contribution in [0.1, 0.15) is 25.3 Å². The Morgan fingerprint density at radius 3 is 2.85 bits per heavy atom. The van der Waals surface area contributed by atoms with Crippen molar-refractivity contribution in [2.75, 3.05) is 19.6 Å². The van der Waals surface area contributed by atoms with E-state index in [1.807, 2.05) is 0 Å². The monoisotopic (exact) mass is 263 g/mol. The largest absolute Gasteiger partial charge is 0.292 e. The minimum Gasteiger partial charge on any atom is -0.292 e. The molecule has 102 valence electrons. The highest BCUT2D eigenvalue weighted by molar-refractivity contribution is 5.83. The van der Waals surface area contributed by atoms with Gasteiger partial charge in [-0.3, -0.25) is 4.90 Å². The maximum Gasteiger partial charge on any atom is 0.0605 e. The van der Waals surface area contributed by atoms with Gasteiger partial charge in [-0.25, -0.2) is 0 Å². The van der Waals surface area contributed by atoms with E-state index in [9.17, 15) is 0 Å². The Labute approximate surface area is 121 Å². The van der Waals surface area contributed by atoms with Crippen molar-refractivity contribution in [2.45, 2.75) is 19.8 Å². The normalized spacial score (nSPS) is 19.6. The summed E-state index contributed by atoms with van der Waals surface area (Å²) >= 11 is 0. The maximum atomic E-state index is 3.33. The van der Waals surface area contributed by atoms with E-state index >= 15 is 0 Å². The van der Waals surface area contributed by atoms with Crippen molar-refractivity contribution in [1.29, 1.82) is 0 Å². The lowest BCUT2D eigenvalue weighted by Crippen LogP contribution is -2.34. The Hall–Kier alpha value is -1.78. The molecule has 0 saturated carbocycles. The second-order valence-corrected chi connectivity index (χ2v) is 5.85. The van der Waals surface area contributed by atoms with Crippen LogP contribution in [0.5, 0.6) is 0 Å². The molecule has 0 aromatic heterocycles. The Morgan fingerprint density at radius 2 is 2.00 bits per heavy atom. The van der Waals surface area contributed by atoms with Crippen molar-refractivity contribution >= 4 is 10.8 Å². The van der Waals surface area contributed by atoms with Crippen LogP contribution in [0.4, 0.5) is 0 Å². The van der Waals surface area contributed by atoms with Gasteiger partial charge in [-0.1, -0.05) is 49.1 Å². The molecule has 0 amide bonds. The third-order valence-electron chi connectivity index (χ3n) is 4.03. The third kappa shape index (κ3) is 3.21. The molecule has 1 aliphatic heterocycles. The van der Waals surface area contributed by atoms with Crippen LogP contribution in [0.2, 0.25) is 0 Å². The number of rotatable bonds is 1. The van der Waals surface area contributed by atoms with E-state index in [0.29, 0.717) is 0 Å². The van der Waals surface area contributed by atoms with E-state index in [2.05, 4.69) is 66.1 Å². The lowest BCUT2D eigenvalue weighted by atomic mass is 10.0. The number of likely N-dealkylation sites (tertiary alicyclic amines) is 1. The van der Waals surface area contributed by atoms with Gasteiger partial charge in [0, 0.05) is 12.1 Å². The zero-order valence-corrected chi connectivity index (χ0v) is 12.1. The third-order valence-corrected chi connectivity index (χ3v) is 4.03. The van der Waals surface area contributed by atoms with Crippen LogP contribution in [0.3, 0.4) is 0 Å². The van der Waals surface area contributed by atoms with E-state index in [4.69, 9.17) is 0 Å². The number of hydrogen-bond acceptors (Lipinski definition) is 1. The van der Waals surface area contributed by atoms with Gasteiger partial charge in [0.1, 0.15) is 0 Å². The first kappa shape index (κ1) is 13.2. The lowest BCUT2D eigenvalue weighted by molar-refractivity contribution is 0.204. The SMILES string of the molecule is CC1CCCN(CC#Cc2ccc3ccccc3c2)C1. The fourth-order valence-corrected chi connectivity index (χ4v) is 2.95. The van der Waals surface area contributed by atoms with Crippen LogP contribution in [0.15, 0.2) is 42.5 Å². The van der Waals surface area contributed by atoms with Crippen LogP contribution in [-0.4, -0.2) is 24.5 Å². The zero-order valence-electron chi connectivity index (χ0n) is 12.1. The summed E-state index contributed by atoms with van der Waals surface area (Å²) in [4.78, 5) is 2.47. The van der Waals surface area contributed by atoms with Gasteiger partial charge in [0.05, 0.1) is 6.54 Å². The molecule has 0 radical (unpaired) electrons. The molecule has 1 heterocycles. The highest BCUT2D eigenvalue weighted by Gasteiger charge is 2.14. The van der Waals surface area contributed by atoms with Gasteiger partial charge < -0.3 is 0 Å². The van der Waals surface area contributed by atoms with Crippen LogP contribution in [0, 0.1) is 17.8 Å². The van der Waals surface area contributed by atoms with Gasteiger partial charge in [0.15, 0.2) is 0 Å². The molecule has 0 N–H and O–H groups in total. The molecule has 0 aliphatic carbocycles. The Bertz CT molecular complexity index is 647. The van der Waals surface area contributed by atoms with E-state index in [1.165, 1.54) is 36.7 Å². The van der Waals surface area contributed by atoms with Gasteiger partial charge in [0.2, 0.25) is 0 Å². The number of benzene rings is 2. The summed E-state index contributed by atoms with van der Waals surface area (Å²) in [5, 5.41) is 2.55. The first-order valence-electron chi connectivity index (χ1n) is 7.51. The molecule has 1 saturated heterocycles. The second kappa shape index (κ2) is 6.11. The molecule has 1 atom stereocenters. The van der Waals surface area contributed by atoms with Gasteiger partial charge in [0.25, 0.3) is 0 Å². The molecule has 1 fully saturated rings. The number of hydrogen-bond donors (Lipinski definition) is 0. The molecule has 0 bridgehead atoms. The summed E-state index contributed by atoms with van der Waals surface area (Å²) in [7, 11) is 0. The standard InChI is InChI=1S/C19H21N/c1-16-6-4-12-20(15-16)13-5-7-17-10-11-18-8-2-3-9-19(18)14-17/h2-3,8-11,14,16H,4,6,12-13,15H2,1H3. The lowest BCUT2D eigenvalue weighted by Gasteiger charge is -2.28. The Balaban J connectivity index is 1.68. The predicted octanol–water partition coefficient (Wildman–Crippen LogP) is 3.92. The van der Waals surface area contributed by atoms with Crippen molar-refractivity contribution in [3.8, 4) is 11.8 Å². The highest BCUT2D eigenvalue weighted by atomic mass is 15.1. The average Bonchev–Trinajstić information content (AvgIpc) is 2.47. The minimum atomic E-state index is 0.825. The van der Waals surface area contributed by atoms with E-state index in [-0.39, 0.29) is 0 Å². The Kier molecular flexibility index (Phi) is 4.04. The topological polar surface area (TPSA) is 3.24 Å². The fraction of sp³-hybridized carbons (Fsp3) is 0.368. The highest BCUT2D eigenvalue weighted by Crippen LogP contribution is 2.16. The molecule has 1 heteroatoms. The molecule has 2 aromatic carbocycles. The average molecular weight is 263 g/mol. The molecule has 1 nitrogen and oxygen atoms in total. The quantitative estimate of drug-likeness (QED) is 0.705. The number of nitrogens with zero attached hydrogens (tertiary/aromatic N) is 1. The van der Waals surface area contributed by atoms with Gasteiger partial charge in [-0.05, 0) is 48.2 Å². The number of fused-ring (bicyclic) bond motifs is 1. The van der Waals surface area contributed by atoms with Crippen molar-refractivity contribution < 1.29 is 0 Å². The predicted molar refractivity (Wildman–Crippen MR) is 85.7 cm³/mol. The summed E-state index contributed by atoms with van der Waals surface area (Å²) < 4.78 is 0. The van der Waals surface area contributed by atoms with Crippen molar-refractivity contribution in [2.24, 2.45) is 5.92 Å². The van der Waals surface area contributed by atoms with Gasteiger partial charge in [-0.15, -0.1) is 0 Å². The van der Waals surface area contributed by atoms with Crippen molar-refractivity contribution in [3.05, 3.63) is 48.0 Å². The van der Waals surface area contributed by atoms with Crippen molar-refractivity contribution in [1.82, 2.24) is 4.90 Å². The molecule has 0 spiro atoms. The molecular weight excluding hydrogens is 242 g/mol. The molecule has 1 unspecified atom stereocenters.